The largest absolute Gasteiger partial charge is 0.459 e. The van der Waals surface area contributed by atoms with E-state index in [1.165, 1.54) is 24.3 Å². The fraction of sp³-hybridized carbons (Fsp3) is 0.500. The van der Waals surface area contributed by atoms with Crippen LogP contribution in [-0.4, -0.2) is 36.9 Å². The number of esters is 1. The van der Waals surface area contributed by atoms with Crippen molar-refractivity contribution in [2.24, 2.45) is 5.41 Å². The van der Waals surface area contributed by atoms with Crippen molar-refractivity contribution in [1.29, 1.82) is 5.26 Å². The molecule has 4 atom stereocenters. The second-order valence-corrected chi connectivity index (χ2v) is 11.9. The number of nitrogens with zero attached hydrogens (tertiary/aromatic N) is 1. The zero-order valence-electron chi connectivity index (χ0n) is 21.2. The van der Waals surface area contributed by atoms with Crippen LogP contribution in [0.25, 0.3) is 0 Å². The van der Waals surface area contributed by atoms with Crippen molar-refractivity contribution in [2.45, 2.75) is 69.6 Å². The van der Waals surface area contributed by atoms with Gasteiger partial charge in [0.2, 0.25) is 0 Å². The molecule has 2 saturated heterocycles. The topological polar surface area (TPSA) is 71.3 Å². The van der Waals surface area contributed by atoms with Crippen LogP contribution in [0.5, 0.6) is 0 Å². The normalized spacial score (nSPS) is 26.8. The molecular formula is C28H30Cl2F2N2O3. The molecule has 0 bridgehead atoms. The molecule has 198 valence electrons. The zero-order chi connectivity index (χ0) is 27.2. The molecule has 0 saturated carbocycles. The fourth-order valence-corrected chi connectivity index (χ4v) is 5.92. The van der Waals surface area contributed by atoms with Crippen molar-refractivity contribution >= 4 is 29.2 Å². The number of benzene rings is 2. The van der Waals surface area contributed by atoms with Crippen molar-refractivity contribution in [3.63, 3.8) is 0 Å². The van der Waals surface area contributed by atoms with E-state index >= 15 is 8.78 Å². The Labute approximate surface area is 226 Å². The number of carbonyl (C=O) groups is 1. The van der Waals surface area contributed by atoms with Crippen LogP contribution < -0.4 is 5.32 Å². The SMILES string of the molecule is CCC1(CC2NC(C(=O)OC(C)(C)C)C(c3cccc(Cl)c3F)C2(C#N)c2ccc(Cl)cc2F)COC1. The summed E-state index contributed by atoms with van der Waals surface area (Å²) in [7, 11) is 0. The third-order valence-corrected chi connectivity index (χ3v) is 8.02. The lowest BCUT2D eigenvalue weighted by atomic mass is 9.61. The Hall–Kier alpha value is -2.24. The highest BCUT2D eigenvalue weighted by Gasteiger charge is 2.63. The first-order chi connectivity index (χ1) is 17.4. The number of carbonyl (C=O) groups excluding carboxylic acids is 1. The van der Waals surface area contributed by atoms with E-state index in [2.05, 4.69) is 11.4 Å². The van der Waals surface area contributed by atoms with Gasteiger partial charge in [-0.05, 0) is 57.4 Å². The molecular weight excluding hydrogens is 521 g/mol. The molecule has 2 aliphatic heterocycles. The van der Waals surface area contributed by atoms with Gasteiger partial charge in [0.15, 0.2) is 0 Å². The predicted molar refractivity (Wildman–Crippen MR) is 138 cm³/mol. The summed E-state index contributed by atoms with van der Waals surface area (Å²) in [5.41, 5.74) is -2.76. The fourth-order valence-electron chi connectivity index (χ4n) is 5.58. The molecule has 0 aromatic heterocycles. The molecule has 4 unspecified atom stereocenters. The average molecular weight is 551 g/mol. The lowest BCUT2D eigenvalue weighted by molar-refractivity contribution is -0.157. The molecule has 2 aliphatic rings. The average Bonchev–Trinajstić information content (AvgIpc) is 3.11. The van der Waals surface area contributed by atoms with E-state index < -0.39 is 46.6 Å². The molecule has 37 heavy (non-hydrogen) atoms. The van der Waals surface area contributed by atoms with Gasteiger partial charge < -0.3 is 9.47 Å². The summed E-state index contributed by atoms with van der Waals surface area (Å²) in [5.74, 6) is -3.30. The lowest BCUT2D eigenvalue weighted by Crippen LogP contribution is -2.51. The number of nitriles is 1. The van der Waals surface area contributed by atoms with Gasteiger partial charge in [-0.25, -0.2) is 8.78 Å². The van der Waals surface area contributed by atoms with Crippen LogP contribution in [0.15, 0.2) is 36.4 Å². The van der Waals surface area contributed by atoms with E-state index in [-0.39, 0.29) is 26.6 Å². The summed E-state index contributed by atoms with van der Waals surface area (Å²) in [4.78, 5) is 13.6. The highest BCUT2D eigenvalue weighted by molar-refractivity contribution is 6.31. The van der Waals surface area contributed by atoms with E-state index in [9.17, 15) is 10.1 Å². The van der Waals surface area contributed by atoms with Crippen molar-refractivity contribution in [2.75, 3.05) is 13.2 Å². The van der Waals surface area contributed by atoms with Crippen LogP contribution in [0.2, 0.25) is 10.0 Å². The van der Waals surface area contributed by atoms with Gasteiger partial charge in [0.25, 0.3) is 0 Å². The highest BCUT2D eigenvalue weighted by Crippen LogP contribution is 2.54. The number of hydrogen-bond acceptors (Lipinski definition) is 5. The Morgan fingerprint density at radius 2 is 1.95 bits per heavy atom. The van der Waals surface area contributed by atoms with Crippen molar-refractivity contribution in [3.8, 4) is 6.07 Å². The third kappa shape index (κ3) is 4.97. The number of rotatable bonds is 6. The molecule has 9 heteroatoms. The Kier molecular flexibility index (Phi) is 7.62. The van der Waals surface area contributed by atoms with Gasteiger partial charge in [-0.3, -0.25) is 10.1 Å². The van der Waals surface area contributed by atoms with Crippen LogP contribution in [0, 0.1) is 28.4 Å². The smallest absolute Gasteiger partial charge is 0.324 e. The minimum absolute atomic E-state index is 0.0267. The Morgan fingerprint density at radius 1 is 1.24 bits per heavy atom. The number of ether oxygens (including phenoxy) is 2. The molecule has 4 rings (SSSR count). The van der Waals surface area contributed by atoms with Crippen LogP contribution in [0.3, 0.4) is 0 Å². The first kappa shape index (κ1) is 27.8. The van der Waals surface area contributed by atoms with Gasteiger partial charge >= 0.3 is 5.97 Å². The Morgan fingerprint density at radius 3 is 2.49 bits per heavy atom. The number of halogens is 4. The first-order valence-electron chi connectivity index (χ1n) is 12.2. The summed E-state index contributed by atoms with van der Waals surface area (Å²) >= 11 is 12.2. The molecule has 2 aromatic rings. The quantitative estimate of drug-likeness (QED) is 0.426. The third-order valence-electron chi connectivity index (χ3n) is 7.50. The maximum absolute atomic E-state index is 15.7. The standard InChI is InChI=1S/C28H30Cl2F2N2O3/c1-5-27(14-36-15-27)12-21-28(13-33,18-10-9-16(29)11-20(18)31)22(17-7-6-8-19(30)23(17)32)24(34-21)25(35)37-26(2,3)4/h6-11,21-22,24,34H,5,12,14-15H2,1-4H3. The van der Waals surface area contributed by atoms with Gasteiger partial charge in [0, 0.05) is 28.0 Å². The highest BCUT2D eigenvalue weighted by atomic mass is 35.5. The molecule has 2 heterocycles. The molecule has 2 aromatic carbocycles. The van der Waals surface area contributed by atoms with E-state index in [0.717, 1.165) is 12.5 Å². The minimum Gasteiger partial charge on any atom is -0.459 e. The summed E-state index contributed by atoms with van der Waals surface area (Å²) in [6.45, 7) is 8.13. The van der Waals surface area contributed by atoms with E-state index in [4.69, 9.17) is 32.7 Å². The Balaban J connectivity index is 1.99. The van der Waals surface area contributed by atoms with Crippen LogP contribution >= 0.6 is 23.2 Å². The van der Waals surface area contributed by atoms with E-state index in [0.29, 0.717) is 19.6 Å². The minimum atomic E-state index is -1.69. The molecule has 5 nitrogen and oxygen atoms in total. The van der Waals surface area contributed by atoms with Crippen LogP contribution in [0.1, 0.15) is 57.6 Å². The second-order valence-electron chi connectivity index (χ2n) is 11.0. The van der Waals surface area contributed by atoms with Crippen LogP contribution in [-0.2, 0) is 19.7 Å². The number of nitrogens with one attached hydrogen (secondary N) is 1. The lowest BCUT2D eigenvalue weighted by Gasteiger charge is -2.45. The Bertz CT molecular complexity index is 1230. The predicted octanol–water partition coefficient (Wildman–Crippen LogP) is 6.32. The maximum Gasteiger partial charge on any atom is 0.324 e. The van der Waals surface area contributed by atoms with Crippen molar-refractivity contribution in [3.05, 3.63) is 69.2 Å². The summed E-state index contributed by atoms with van der Waals surface area (Å²) in [6.07, 6.45) is 1.15. The molecule has 0 radical (unpaired) electrons. The summed E-state index contributed by atoms with van der Waals surface area (Å²) in [5, 5.41) is 14.2. The van der Waals surface area contributed by atoms with Gasteiger partial charge in [-0.1, -0.05) is 48.3 Å². The molecule has 0 aliphatic carbocycles. The van der Waals surface area contributed by atoms with Crippen LogP contribution in [0.4, 0.5) is 8.78 Å². The van der Waals surface area contributed by atoms with Gasteiger partial charge in [0.1, 0.15) is 28.7 Å². The van der Waals surface area contributed by atoms with Gasteiger partial charge in [0.05, 0.1) is 24.3 Å². The molecule has 0 spiro atoms. The molecule has 2 fully saturated rings. The molecule has 0 amide bonds. The number of hydrogen-bond donors (Lipinski definition) is 1. The summed E-state index contributed by atoms with van der Waals surface area (Å²) < 4.78 is 42.5. The first-order valence-corrected chi connectivity index (χ1v) is 13.0. The summed E-state index contributed by atoms with van der Waals surface area (Å²) in [6, 6.07) is 8.93. The van der Waals surface area contributed by atoms with E-state index in [1.807, 2.05) is 6.92 Å². The maximum atomic E-state index is 15.7. The van der Waals surface area contributed by atoms with E-state index in [1.54, 1.807) is 26.8 Å². The molecule has 1 N–H and O–H groups in total. The van der Waals surface area contributed by atoms with Crippen molar-refractivity contribution < 1.29 is 23.0 Å². The second kappa shape index (κ2) is 10.1. The van der Waals surface area contributed by atoms with Gasteiger partial charge in [-0.2, -0.15) is 5.26 Å². The zero-order valence-corrected chi connectivity index (χ0v) is 22.7. The van der Waals surface area contributed by atoms with Gasteiger partial charge in [-0.15, -0.1) is 0 Å². The monoisotopic (exact) mass is 550 g/mol. The van der Waals surface area contributed by atoms with Crippen molar-refractivity contribution in [1.82, 2.24) is 5.32 Å².